The molecule has 158 valence electrons. The number of alkyl halides is 3. The molecule has 0 unspecified atom stereocenters. The first-order valence-corrected chi connectivity index (χ1v) is 8.91. The Morgan fingerprint density at radius 1 is 1.17 bits per heavy atom. The Morgan fingerprint density at radius 3 is 2.48 bits per heavy atom. The quantitative estimate of drug-likeness (QED) is 0.692. The first-order valence-electron chi connectivity index (χ1n) is 8.91. The summed E-state index contributed by atoms with van der Waals surface area (Å²) in [4.78, 5) is 27.8. The van der Waals surface area contributed by atoms with E-state index in [4.69, 9.17) is 9.26 Å². The van der Waals surface area contributed by atoms with E-state index >= 15 is 0 Å². The largest absolute Gasteiger partial charge is 0.456 e. The van der Waals surface area contributed by atoms with Gasteiger partial charge in [-0.2, -0.15) is 18.2 Å². The number of halogens is 3. The molecule has 0 saturated heterocycles. The Morgan fingerprint density at radius 2 is 1.86 bits per heavy atom. The molecule has 0 spiro atoms. The molecule has 0 aliphatic rings. The van der Waals surface area contributed by atoms with Gasteiger partial charge in [-0.15, -0.1) is 0 Å². The van der Waals surface area contributed by atoms with Crippen molar-refractivity contribution in [2.24, 2.45) is 0 Å². The van der Waals surface area contributed by atoms with Gasteiger partial charge in [0.05, 0.1) is 11.3 Å². The van der Waals surface area contributed by atoms with Crippen molar-refractivity contribution in [1.82, 2.24) is 10.1 Å². The third kappa shape index (κ3) is 6.88. The third-order valence-corrected chi connectivity index (χ3v) is 3.78. The Hall–Kier alpha value is -2.91. The fourth-order valence-corrected chi connectivity index (χ4v) is 2.29. The van der Waals surface area contributed by atoms with E-state index in [-0.39, 0.29) is 11.8 Å². The zero-order chi connectivity index (χ0) is 21.7. The van der Waals surface area contributed by atoms with Crippen molar-refractivity contribution in [2.75, 3.05) is 11.9 Å². The van der Waals surface area contributed by atoms with Crippen LogP contribution < -0.4 is 5.32 Å². The van der Waals surface area contributed by atoms with Gasteiger partial charge in [-0.1, -0.05) is 38.1 Å². The number of para-hydroxylation sites is 1. The number of carbonyl (C=O) groups excluding carboxylic acids is 2. The van der Waals surface area contributed by atoms with Gasteiger partial charge in [0.1, 0.15) is 0 Å². The Labute approximate surface area is 165 Å². The first kappa shape index (κ1) is 22.4. The molecule has 29 heavy (non-hydrogen) atoms. The molecule has 0 atom stereocenters. The summed E-state index contributed by atoms with van der Waals surface area (Å²) >= 11 is 0. The summed E-state index contributed by atoms with van der Waals surface area (Å²) in [7, 11) is 0. The molecule has 0 aliphatic heterocycles. The fraction of sp³-hybridized carbons (Fsp3) is 0.474. The number of hydrogen-bond donors (Lipinski definition) is 1. The number of benzene rings is 1. The highest BCUT2D eigenvalue weighted by molar-refractivity contribution is 5.93. The van der Waals surface area contributed by atoms with Gasteiger partial charge in [0.25, 0.3) is 5.91 Å². The molecule has 1 amide bonds. The van der Waals surface area contributed by atoms with Gasteiger partial charge >= 0.3 is 12.1 Å². The van der Waals surface area contributed by atoms with Crippen LogP contribution in [-0.4, -0.2) is 28.6 Å². The molecule has 0 fully saturated rings. The maximum atomic E-state index is 12.9. The molecule has 10 heteroatoms. The van der Waals surface area contributed by atoms with E-state index in [1.54, 1.807) is 0 Å². The average Bonchev–Trinajstić information content (AvgIpc) is 3.09. The minimum Gasteiger partial charge on any atom is -0.456 e. The molecule has 1 aromatic heterocycles. The minimum atomic E-state index is -4.61. The Balaban J connectivity index is 1.75. The lowest BCUT2D eigenvalue weighted by atomic mass is 9.96. The van der Waals surface area contributed by atoms with Gasteiger partial charge in [-0.05, 0) is 18.6 Å². The summed E-state index contributed by atoms with van der Waals surface area (Å²) in [6.45, 7) is 5.14. The van der Waals surface area contributed by atoms with Crippen molar-refractivity contribution in [3.63, 3.8) is 0 Å². The Bertz CT molecular complexity index is 857. The van der Waals surface area contributed by atoms with E-state index in [2.05, 4.69) is 15.5 Å². The number of carbonyl (C=O) groups is 2. The van der Waals surface area contributed by atoms with Crippen LogP contribution in [0.15, 0.2) is 28.8 Å². The summed E-state index contributed by atoms with van der Waals surface area (Å²) in [5.41, 5.74) is -1.63. The van der Waals surface area contributed by atoms with Crippen LogP contribution in [0.2, 0.25) is 0 Å². The fourth-order valence-electron chi connectivity index (χ4n) is 2.29. The van der Waals surface area contributed by atoms with Gasteiger partial charge in [0, 0.05) is 18.3 Å². The highest BCUT2D eigenvalue weighted by Crippen LogP contribution is 2.34. The second kappa shape index (κ2) is 9.06. The van der Waals surface area contributed by atoms with E-state index in [9.17, 15) is 22.8 Å². The highest BCUT2D eigenvalue weighted by atomic mass is 19.4. The Kier molecular flexibility index (Phi) is 6.99. The number of hydrogen-bond acceptors (Lipinski definition) is 6. The van der Waals surface area contributed by atoms with Crippen LogP contribution in [-0.2, 0) is 32.3 Å². The van der Waals surface area contributed by atoms with Crippen molar-refractivity contribution in [3.8, 4) is 0 Å². The van der Waals surface area contributed by atoms with Crippen LogP contribution in [0.3, 0.4) is 0 Å². The minimum absolute atomic E-state index is 0.000348. The number of anilines is 1. The average molecular weight is 413 g/mol. The van der Waals surface area contributed by atoms with E-state index in [1.807, 2.05) is 20.8 Å². The number of ether oxygens (including phenoxy) is 1. The molecule has 0 bridgehead atoms. The molecule has 1 aromatic carbocycles. The highest BCUT2D eigenvalue weighted by Gasteiger charge is 2.33. The number of amides is 1. The summed E-state index contributed by atoms with van der Waals surface area (Å²) in [5.74, 6) is -0.559. The summed E-state index contributed by atoms with van der Waals surface area (Å²) in [5, 5.41) is 5.98. The number of nitrogens with one attached hydrogen (secondary N) is 1. The lowest BCUT2D eigenvalue weighted by Gasteiger charge is -2.13. The van der Waals surface area contributed by atoms with Crippen LogP contribution >= 0.6 is 0 Å². The lowest BCUT2D eigenvalue weighted by Crippen LogP contribution is -2.22. The second-order valence-electron chi connectivity index (χ2n) is 7.37. The third-order valence-electron chi connectivity index (χ3n) is 3.78. The molecule has 2 rings (SSSR count). The number of nitrogens with zero attached hydrogens (tertiary/aromatic N) is 2. The topological polar surface area (TPSA) is 94.3 Å². The molecule has 0 saturated carbocycles. The summed E-state index contributed by atoms with van der Waals surface area (Å²) in [6.07, 6.45) is -3.88. The molecule has 1 heterocycles. The molecule has 7 nitrogen and oxygen atoms in total. The number of aromatic nitrogens is 2. The van der Waals surface area contributed by atoms with Crippen molar-refractivity contribution in [1.29, 1.82) is 0 Å². The zero-order valence-electron chi connectivity index (χ0n) is 16.3. The van der Waals surface area contributed by atoms with Gasteiger partial charge < -0.3 is 14.6 Å². The molecule has 1 N–H and O–H groups in total. The number of aryl methyl sites for hydroxylation is 1. The smallest absolute Gasteiger partial charge is 0.418 e. The van der Waals surface area contributed by atoms with Crippen LogP contribution in [0.5, 0.6) is 0 Å². The maximum Gasteiger partial charge on any atom is 0.418 e. The maximum absolute atomic E-state index is 12.9. The van der Waals surface area contributed by atoms with Crippen molar-refractivity contribution in [3.05, 3.63) is 41.5 Å². The monoisotopic (exact) mass is 413 g/mol. The summed E-state index contributed by atoms with van der Waals surface area (Å²) in [6, 6.07) is 4.55. The predicted octanol–water partition coefficient (Wildman–Crippen LogP) is 3.89. The van der Waals surface area contributed by atoms with Gasteiger partial charge in [0.15, 0.2) is 12.4 Å². The van der Waals surface area contributed by atoms with Crippen LogP contribution in [0, 0.1) is 0 Å². The van der Waals surface area contributed by atoms with E-state index in [0.29, 0.717) is 24.6 Å². The van der Waals surface area contributed by atoms with Crippen LogP contribution in [0.4, 0.5) is 18.9 Å². The predicted molar refractivity (Wildman–Crippen MR) is 97.0 cm³/mol. The van der Waals surface area contributed by atoms with E-state index in [1.165, 1.54) is 12.1 Å². The SMILES string of the molecule is CC(C)(C)c1noc(CCCC(=O)OCC(=O)Nc2ccccc2C(F)(F)F)n1. The van der Waals surface area contributed by atoms with Gasteiger partial charge in [-0.3, -0.25) is 9.59 Å². The van der Waals surface area contributed by atoms with Crippen molar-refractivity contribution >= 4 is 17.6 Å². The van der Waals surface area contributed by atoms with E-state index < -0.39 is 35.9 Å². The molecule has 0 radical (unpaired) electrons. The standard InChI is InChI=1S/C19H22F3N3O4/c1-18(2,3)17-24-15(29-25-17)9-6-10-16(27)28-11-14(26)23-13-8-5-4-7-12(13)19(20,21)22/h4-5,7-8H,6,9-11H2,1-3H3,(H,23,26). The first-order chi connectivity index (χ1) is 13.5. The zero-order valence-corrected chi connectivity index (χ0v) is 16.3. The normalized spacial score (nSPS) is 11.9. The van der Waals surface area contributed by atoms with Gasteiger partial charge in [-0.25, -0.2) is 0 Å². The van der Waals surface area contributed by atoms with Crippen molar-refractivity contribution < 1.29 is 32.0 Å². The molecule has 2 aromatic rings. The summed E-state index contributed by atoms with van der Waals surface area (Å²) < 4.78 is 48.6. The number of rotatable bonds is 7. The van der Waals surface area contributed by atoms with Crippen molar-refractivity contribution in [2.45, 2.75) is 51.6 Å². The van der Waals surface area contributed by atoms with Crippen LogP contribution in [0.1, 0.15) is 50.9 Å². The second-order valence-corrected chi connectivity index (χ2v) is 7.37. The molecular weight excluding hydrogens is 391 g/mol. The van der Waals surface area contributed by atoms with Crippen LogP contribution in [0.25, 0.3) is 0 Å². The molecular formula is C19H22F3N3O4. The lowest BCUT2D eigenvalue weighted by molar-refractivity contribution is -0.147. The van der Waals surface area contributed by atoms with Gasteiger partial charge in [0.2, 0.25) is 5.89 Å². The number of esters is 1. The van der Waals surface area contributed by atoms with E-state index in [0.717, 1.165) is 12.1 Å². The molecule has 0 aliphatic carbocycles.